The minimum Gasteiger partial charge on any atom is -0.337 e. The van der Waals surface area contributed by atoms with Crippen LogP contribution in [0.2, 0.25) is 10.0 Å². The number of hydrogen-bond acceptors (Lipinski definition) is 2. The fourth-order valence-electron chi connectivity index (χ4n) is 3.17. The first kappa shape index (κ1) is 18.1. The number of nitrogens with one attached hydrogen (secondary N) is 1. The summed E-state index contributed by atoms with van der Waals surface area (Å²) in [5.41, 5.74) is 1.82. The van der Waals surface area contributed by atoms with Crippen molar-refractivity contribution in [3.63, 3.8) is 0 Å². The summed E-state index contributed by atoms with van der Waals surface area (Å²) < 4.78 is 3.20. The molecule has 4 nitrogen and oxygen atoms in total. The molecule has 0 unspecified atom stereocenters. The highest BCUT2D eigenvalue weighted by molar-refractivity contribution is 6.39. The summed E-state index contributed by atoms with van der Waals surface area (Å²) in [7, 11) is 4.50. The molecule has 132 valence electrons. The van der Waals surface area contributed by atoms with Crippen LogP contribution in [0.25, 0.3) is 10.9 Å². The summed E-state index contributed by atoms with van der Waals surface area (Å²) in [4.78, 5) is 4.48. The summed E-state index contributed by atoms with van der Waals surface area (Å²) in [6, 6.07) is 9.58. The summed E-state index contributed by atoms with van der Waals surface area (Å²) >= 11 is 12.6. The molecule has 0 bridgehead atoms. The highest BCUT2D eigenvalue weighted by atomic mass is 35.5. The second-order valence-electron chi connectivity index (χ2n) is 6.90. The Hall–Kier alpha value is -1.75. The molecule has 1 N–H and O–H groups in total. The van der Waals surface area contributed by atoms with Gasteiger partial charge in [-0.1, -0.05) is 36.2 Å². The van der Waals surface area contributed by atoms with Gasteiger partial charge < -0.3 is 14.4 Å². The largest absolute Gasteiger partial charge is 0.337 e. The molecule has 0 spiro atoms. The molecule has 0 saturated carbocycles. The Balaban J connectivity index is 1.96. The fraction of sp³-hybridized carbons (Fsp3) is 0.316. The zero-order valence-corrected chi connectivity index (χ0v) is 16.3. The number of para-hydroxylation sites is 1. The van der Waals surface area contributed by atoms with Gasteiger partial charge in [-0.15, -0.1) is 0 Å². The number of pyridine rings is 1. The van der Waals surface area contributed by atoms with Gasteiger partial charge in [0, 0.05) is 17.8 Å². The van der Waals surface area contributed by atoms with Crippen molar-refractivity contribution in [1.29, 1.82) is 0 Å². The number of fused-ring (bicyclic) bond motifs is 1. The topological polar surface area (TPSA) is 29.9 Å². The van der Waals surface area contributed by atoms with E-state index < -0.39 is 0 Å². The van der Waals surface area contributed by atoms with Gasteiger partial charge in [-0.25, -0.2) is 4.98 Å². The second-order valence-corrected chi connectivity index (χ2v) is 7.71. The molecule has 2 aromatic heterocycles. The lowest BCUT2D eigenvalue weighted by Crippen LogP contribution is -2.41. The minimum absolute atomic E-state index is 0.575. The Morgan fingerprint density at radius 2 is 1.84 bits per heavy atom. The third-order valence-corrected chi connectivity index (χ3v) is 4.90. The monoisotopic (exact) mass is 377 g/mol. The number of aromatic nitrogens is 2. The van der Waals surface area contributed by atoms with Gasteiger partial charge in [0.1, 0.15) is 5.82 Å². The average molecular weight is 378 g/mol. The Kier molecular flexibility index (Phi) is 5.23. The number of anilines is 2. The maximum absolute atomic E-state index is 6.28. The zero-order chi connectivity index (χ0) is 18.0. The molecule has 3 aromatic rings. The first-order chi connectivity index (χ1) is 11.9. The molecule has 2 heterocycles. The second kappa shape index (κ2) is 7.24. The number of quaternary nitrogens is 1. The molecule has 0 aliphatic heterocycles. The molecule has 6 heteroatoms. The predicted molar refractivity (Wildman–Crippen MR) is 107 cm³/mol. The van der Waals surface area contributed by atoms with Crippen molar-refractivity contribution >= 4 is 45.6 Å². The van der Waals surface area contributed by atoms with Gasteiger partial charge in [0.2, 0.25) is 0 Å². The maximum Gasteiger partial charge on any atom is 0.157 e. The van der Waals surface area contributed by atoms with Crippen LogP contribution in [-0.4, -0.2) is 34.7 Å². The molecule has 0 saturated heterocycles. The number of hydrogen-bond donors (Lipinski definition) is 1. The molecule has 1 aromatic carbocycles. The molecule has 0 aliphatic carbocycles. The van der Waals surface area contributed by atoms with Crippen LogP contribution in [0.5, 0.6) is 0 Å². The van der Waals surface area contributed by atoms with E-state index in [0.29, 0.717) is 15.7 Å². The Bertz CT molecular complexity index is 866. The van der Waals surface area contributed by atoms with E-state index in [-0.39, 0.29) is 0 Å². The third-order valence-electron chi connectivity index (χ3n) is 4.27. The smallest absolute Gasteiger partial charge is 0.157 e. The fourth-order valence-corrected chi connectivity index (χ4v) is 3.66. The van der Waals surface area contributed by atoms with Crippen LogP contribution in [0.3, 0.4) is 0 Å². The van der Waals surface area contributed by atoms with E-state index >= 15 is 0 Å². The quantitative estimate of drug-likeness (QED) is 0.572. The van der Waals surface area contributed by atoms with Gasteiger partial charge in [0.15, 0.2) is 6.67 Å². The zero-order valence-electron chi connectivity index (χ0n) is 14.8. The summed E-state index contributed by atoms with van der Waals surface area (Å²) in [6.07, 6.45) is 5.08. The van der Waals surface area contributed by atoms with Crippen molar-refractivity contribution in [3.05, 3.63) is 52.8 Å². The van der Waals surface area contributed by atoms with E-state index in [2.05, 4.69) is 48.2 Å². The summed E-state index contributed by atoms with van der Waals surface area (Å²) in [5, 5.41) is 5.49. The lowest BCUT2D eigenvalue weighted by molar-refractivity contribution is -0.912. The van der Waals surface area contributed by atoms with Gasteiger partial charge in [-0.3, -0.25) is 0 Å². The number of benzene rings is 1. The van der Waals surface area contributed by atoms with Crippen molar-refractivity contribution in [2.45, 2.75) is 20.0 Å². The Labute approximate surface area is 158 Å². The van der Waals surface area contributed by atoms with Crippen LogP contribution in [-0.2, 0) is 6.67 Å². The van der Waals surface area contributed by atoms with Crippen molar-refractivity contribution in [1.82, 2.24) is 9.55 Å². The van der Waals surface area contributed by atoms with Gasteiger partial charge in [0.25, 0.3) is 0 Å². The standard InChI is InChI=1S/C19H23Cl2N4/c1-4-12-25(2,3)13-24-11-9-14-17(24)8-10-22-19(14)23-18-15(20)6-5-7-16(18)21/h5-11H,4,12-13H2,1-3H3,(H,22,23)/q+1. The van der Waals surface area contributed by atoms with Crippen molar-refractivity contribution < 1.29 is 4.48 Å². The van der Waals surface area contributed by atoms with Gasteiger partial charge in [-0.05, 0) is 30.7 Å². The minimum atomic E-state index is 0.575. The van der Waals surface area contributed by atoms with Crippen LogP contribution in [0.4, 0.5) is 11.5 Å². The number of nitrogens with zero attached hydrogens (tertiary/aromatic N) is 3. The van der Waals surface area contributed by atoms with Crippen molar-refractivity contribution in [2.75, 3.05) is 26.0 Å². The van der Waals surface area contributed by atoms with Crippen LogP contribution < -0.4 is 5.32 Å². The lowest BCUT2D eigenvalue weighted by Gasteiger charge is -2.30. The van der Waals surface area contributed by atoms with E-state index in [9.17, 15) is 0 Å². The van der Waals surface area contributed by atoms with Crippen LogP contribution in [0.15, 0.2) is 42.7 Å². The molecule has 0 radical (unpaired) electrons. The average Bonchev–Trinajstić information content (AvgIpc) is 2.94. The summed E-state index contributed by atoms with van der Waals surface area (Å²) in [6.45, 7) is 4.26. The van der Waals surface area contributed by atoms with E-state index in [1.807, 2.05) is 30.5 Å². The third kappa shape index (κ3) is 3.92. The Morgan fingerprint density at radius 1 is 1.12 bits per heavy atom. The van der Waals surface area contributed by atoms with Crippen molar-refractivity contribution in [2.24, 2.45) is 0 Å². The molecular weight excluding hydrogens is 355 g/mol. The van der Waals surface area contributed by atoms with Crippen LogP contribution in [0, 0.1) is 0 Å². The highest BCUT2D eigenvalue weighted by Crippen LogP contribution is 2.34. The van der Waals surface area contributed by atoms with Crippen molar-refractivity contribution in [3.8, 4) is 0 Å². The molecule has 0 atom stereocenters. The van der Waals surface area contributed by atoms with Gasteiger partial charge in [-0.2, -0.15) is 0 Å². The number of rotatable bonds is 6. The molecule has 0 fully saturated rings. The SMILES string of the molecule is CCC[N+](C)(C)Cn1ccc2c(Nc3c(Cl)cccc3Cl)nccc21. The number of halogens is 2. The van der Waals surface area contributed by atoms with Gasteiger partial charge >= 0.3 is 0 Å². The molecule has 3 rings (SSSR count). The van der Waals surface area contributed by atoms with Crippen LogP contribution >= 0.6 is 23.2 Å². The summed E-state index contributed by atoms with van der Waals surface area (Å²) in [5.74, 6) is 0.757. The highest BCUT2D eigenvalue weighted by Gasteiger charge is 2.17. The molecule has 0 amide bonds. The Morgan fingerprint density at radius 3 is 2.52 bits per heavy atom. The maximum atomic E-state index is 6.28. The van der Waals surface area contributed by atoms with E-state index in [4.69, 9.17) is 23.2 Å². The molecular formula is C19H23Cl2N4+. The van der Waals surface area contributed by atoms with Crippen LogP contribution in [0.1, 0.15) is 13.3 Å². The predicted octanol–water partition coefficient (Wildman–Crippen LogP) is 5.53. The van der Waals surface area contributed by atoms with E-state index in [1.54, 1.807) is 0 Å². The van der Waals surface area contributed by atoms with Gasteiger partial charge in [0.05, 0.1) is 41.9 Å². The van der Waals surface area contributed by atoms with E-state index in [1.165, 1.54) is 0 Å². The molecule has 25 heavy (non-hydrogen) atoms. The normalized spacial score (nSPS) is 11.9. The lowest BCUT2D eigenvalue weighted by atomic mass is 10.2. The first-order valence-electron chi connectivity index (χ1n) is 8.38. The first-order valence-corrected chi connectivity index (χ1v) is 9.14. The molecule has 0 aliphatic rings. The van der Waals surface area contributed by atoms with E-state index in [0.717, 1.165) is 40.8 Å².